The van der Waals surface area contributed by atoms with Gasteiger partial charge < -0.3 is 0 Å². The summed E-state index contributed by atoms with van der Waals surface area (Å²) in [6.45, 7) is 0. The number of thiophene rings is 1. The summed E-state index contributed by atoms with van der Waals surface area (Å²) in [5.74, 6) is 0.650. The summed E-state index contributed by atoms with van der Waals surface area (Å²) in [6.07, 6.45) is 7.64. The van der Waals surface area contributed by atoms with Gasteiger partial charge in [-0.2, -0.15) is 0 Å². The Bertz CT molecular complexity index is 1130. The number of carbonyl (C=O) groups excluding carboxylic acids is 1. The average Bonchev–Trinajstić information content (AvgIpc) is 3.37. The molecule has 0 saturated carbocycles. The number of aromatic nitrogens is 2. The van der Waals surface area contributed by atoms with Crippen LogP contribution in [0.3, 0.4) is 0 Å². The fraction of sp³-hybridized carbons (Fsp3) is 0.0435. The number of fused-ring (bicyclic) bond motifs is 1. The molecule has 138 valence electrons. The minimum atomic E-state index is -0.0864. The van der Waals surface area contributed by atoms with Crippen LogP contribution in [0.15, 0.2) is 89.4 Å². The number of thioether (sulfide) groups is 1. The highest BCUT2D eigenvalue weighted by molar-refractivity contribution is 7.99. The lowest BCUT2D eigenvalue weighted by Gasteiger charge is -2.03. The lowest BCUT2D eigenvalue weighted by molar-refractivity contribution is 0.0965. The first kappa shape index (κ1) is 18.5. The van der Waals surface area contributed by atoms with Gasteiger partial charge in [0, 0.05) is 16.7 Å². The van der Waals surface area contributed by atoms with Crippen LogP contribution >= 0.6 is 23.1 Å². The van der Waals surface area contributed by atoms with Crippen LogP contribution in [0, 0.1) is 0 Å². The van der Waals surface area contributed by atoms with E-state index in [-0.39, 0.29) is 5.91 Å². The number of para-hydroxylation sites is 2. The number of allylic oxidation sites excluding steroid dienone is 1. The molecule has 0 unspecified atom stereocenters. The number of hydrogen-bond donors (Lipinski definition) is 0. The van der Waals surface area contributed by atoms with E-state index in [0.717, 1.165) is 27.2 Å². The molecule has 0 amide bonds. The third kappa shape index (κ3) is 4.32. The Balaban J connectivity index is 1.56. The standard InChI is InChI=1S/C23H18N2OS2/c26-22(15-14-19-11-7-16-27-19)25-21-13-5-4-12-20(21)24-23(25)28-17-6-10-18-8-2-1-3-9-18/h1-16H,17H2. The molecule has 0 saturated heterocycles. The molecule has 5 heteroatoms. The average molecular weight is 403 g/mol. The molecule has 3 nitrogen and oxygen atoms in total. The Morgan fingerprint density at radius 3 is 2.64 bits per heavy atom. The number of rotatable bonds is 6. The van der Waals surface area contributed by atoms with Gasteiger partial charge in [-0.25, -0.2) is 4.98 Å². The largest absolute Gasteiger partial charge is 0.269 e. The van der Waals surface area contributed by atoms with Crippen LogP contribution in [-0.2, 0) is 0 Å². The highest BCUT2D eigenvalue weighted by Gasteiger charge is 2.14. The molecule has 2 heterocycles. The Morgan fingerprint density at radius 2 is 1.82 bits per heavy atom. The first-order valence-electron chi connectivity index (χ1n) is 8.89. The summed E-state index contributed by atoms with van der Waals surface area (Å²) in [7, 11) is 0. The monoisotopic (exact) mass is 402 g/mol. The lowest BCUT2D eigenvalue weighted by Crippen LogP contribution is -2.08. The van der Waals surface area contributed by atoms with Crippen molar-refractivity contribution in [1.29, 1.82) is 0 Å². The number of nitrogens with zero attached hydrogens (tertiary/aromatic N) is 2. The first-order chi connectivity index (χ1) is 13.8. The van der Waals surface area contributed by atoms with Crippen molar-refractivity contribution >= 4 is 52.2 Å². The van der Waals surface area contributed by atoms with Crippen LogP contribution in [0.5, 0.6) is 0 Å². The van der Waals surface area contributed by atoms with Gasteiger partial charge in [0.1, 0.15) is 0 Å². The Hall–Kier alpha value is -2.89. The van der Waals surface area contributed by atoms with Crippen LogP contribution in [-0.4, -0.2) is 21.2 Å². The number of benzene rings is 2. The second kappa shape index (κ2) is 8.87. The smallest absolute Gasteiger partial charge is 0.257 e. The zero-order valence-electron chi connectivity index (χ0n) is 15.1. The molecule has 0 N–H and O–H groups in total. The topological polar surface area (TPSA) is 34.9 Å². The summed E-state index contributed by atoms with van der Waals surface area (Å²) >= 11 is 3.16. The molecule has 28 heavy (non-hydrogen) atoms. The molecule has 0 fully saturated rings. The van der Waals surface area contributed by atoms with E-state index in [1.54, 1.807) is 33.7 Å². The predicted molar refractivity (Wildman–Crippen MR) is 120 cm³/mol. The van der Waals surface area contributed by atoms with E-state index < -0.39 is 0 Å². The minimum Gasteiger partial charge on any atom is -0.269 e. The van der Waals surface area contributed by atoms with Gasteiger partial charge in [-0.1, -0.05) is 72.4 Å². The van der Waals surface area contributed by atoms with E-state index in [9.17, 15) is 4.79 Å². The van der Waals surface area contributed by atoms with E-state index in [2.05, 4.69) is 29.3 Å². The summed E-state index contributed by atoms with van der Waals surface area (Å²) in [6, 6.07) is 21.9. The van der Waals surface area contributed by atoms with Crippen molar-refractivity contribution in [2.45, 2.75) is 5.16 Å². The van der Waals surface area contributed by atoms with Gasteiger partial charge in [-0.05, 0) is 35.2 Å². The van der Waals surface area contributed by atoms with Gasteiger partial charge >= 0.3 is 0 Å². The van der Waals surface area contributed by atoms with Crippen molar-refractivity contribution in [1.82, 2.24) is 9.55 Å². The molecule has 4 aromatic rings. The minimum absolute atomic E-state index is 0.0864. The third-order valence-electron chi connectivity index (χ3n) is 4.10. The summed E-state index contributed by atoms with van der Waals surface area (Å²) in [5, 5.41) is 2.71. The molecule has 2 aromatic heterocycles. The molecule has 0 atom stereocenters. The van der Waals surface area contributed by atoms with E-state index >= 15 is 0 Å². The van der Waals surface area contributed by atoms with Crippen molar-refractivity contribution in [2.75, 3.05) is 5.75 Å². The van der Waals surface area contributed by atoms with Gasteiger partial charge in [0.05, 0.1) is 11.0 Å². The number of hydrogen-bond acceptors (Lipinski definition) is 4. The predicted octanol–water partition coefficient (Wildman–Crippen LogP) is 6.26. The molecule has 0 radical (unpaired) electrons. The van der Waals surface area contributed by atoms with Crippen LogP contribution in [0.25, 0.3) is 23.2 Å². The third-order valence-corrected chi connectivity index (χ3v) is 5.83. The maximum atomic E-state index is 12.9. The van der Waals surface area contributed by atoms with E-state index in [0.29, 0.717) is 5.16 Å². The zero-order valence-corrected chi connectivity index (χ0v) is 16.7. The normalized spacial score (nSPS) is 11.7. The van der Waals surface area contributed by atoms with Crippen molar-refractivity contribution in [2.24, 2.45) is 0 Å². The second-order valence-electron chi connectivity index (χ2n) is 6.03. The van der Waals surface area contributed by atoms with Crippen molar-refractivity contribution in [3.63, 3.8) is 0 Å². The summed E-state index contributed by atoms with van der Waals surface area (Å²) in [4.78, 5) is 18.6. The zero-order chi connectivity index (χ0) is 19.2. The maximum absolute atomic E-state index is 12.9. The maximum Gasteiger partial charge on any atom is 0.257 e. The highest BCUT2D eigenvalue weighted by Crippen LogP contribution is 2.25. The molecule has 0 spiro atoms. The Morgan fingerprint density at radius 1 is 1.00 bits per heavy atom. The van der Waals surface area contributed by atoms with E-state index in [1.807, 2.05) is 66.1 Å². The van der Waals surface area contributed by atoms with Gasteiger partial charge in [-0.15, -0.1) is 11.3 Å². The quantitative estimate of drug-likeness (QED) is 0.282. The molecule has 0 aliphatic carbocycles. The van der Waals surface area contributed by atoms with Crippen molar-refractivity contribution in [3.05, 3.63) is 94.7 Å². The van der Waals surface area contributed by atoms with Gasteiger partial charge in [0.2, 0.25) is 0 Å². The van der Waals surface area contributed by atoms with Crippen molar-refractivity contribution < 1.29 is 4.79 Å². The number of imidazole rings is 1. The highest BCUT2D eigenvalue weighted by atomic mass is 32.2. The summed E-state index contributed by atoms with van der Waals surface area (Å²) in [5.41, 5.74) is 2.82. The Labute approximate surface area is 172 Å². The molecule has 4 rings (SSSR count). The Kier molecular flexibility index (Phi) is 5.85. The molecular weight excluding hydrogens is 384 g/mol. The molecule has 2 aromatic carbocycles. The van der Waals surface area contributed by atoms with Gasteiger partial charge in [-0.3, -0.25) is 9.36 Å². The van der Waals surface area contributed by atoms with Crippen LogP contribution in [0.2, 0.25) is 0 Å². The fourth-order valence-corrected chi connectivity index (χ4v) is 4.24. The van der Waals surface area contributed by atoms with Crippen molar-refractivity contribution in [3.8, 4) is 0 Å². The van der Waals surface area contributed by atoms with Crippen LogP contribution in [0.1, 0.15) is 15.2 Å². The molecule has 0 bridgehead atoms. The molecular formula is C23H18N2OS2. The fourth-order valence-electron chi connectivity index (χ4n) is 2.80. The van der Waals surface area contributed by atoms with Gasteiger partial charge in [0.15, 0.2) is 5.16 Å². The SMILES string of the molecule is O=C(C=Cc1cccs1)n1c(SCC=Cc2ccccc2)nc2ccccc21. The van der Waals surface area contributed by atoms with Crippen LogP contribution in [0.4, 0.5) is 0 Å². The van der Waals surface area contributed by atoms with Crippen LogP contribution < -0.4 is 0 Å². The number of carbonyl (C=O) groups is 1. The molecule has 0 aliphatic rings. The van der Waals surface area contributed by atoms with E-state index in [1.165, 1.54) is 0 Å². The summed E-state index contributed by atoms with van der Waals surface area (Å²) < 4.78 is 1.69. The second-order valence-corrected chi connectivity index (χ2v) is 8.00. The lowest BCUT2D eigenvalue weighted by atomic mass is 10.2. The molecule has 0 aliphatic heterocycles. The first-order valence-corrected chi connectivity index (χ1v) is 10.8. The van der Waals surface area contributed by atoms with Gasteiger partial charge in [0.25, 0.3) is 5.91 Å². The van der Waals surface area contributed by atoms with E-state index in [4.69, 9.17) is 0 Å².